The highest BCUT2D eigenvalue weighted by atomic mass is 32.2. The Morgan fingerprint density at radius 2 is 1.36 bits per heavy atom. The maximum Gasteiger partial charge on any atom is 0.453 e. The molecule has 226 valence electrons. The number of unbranched alkanes of at least 4 members (excludes halogenated alkanes) is 2. The lowest BCUT2D eigenvalue weighted by atomic mass is 9.88. The molecule has 0 fully saturated rings. The van der Waals surface area contributed by atoms with Crippen LogP contribution >= 0.6 is 0 Å². The van der Waals surface area contributed by atoms with E-state index in [1.807, 2.05) is 18.2 Å². The first-order valence-electron chi connectivity index (χ1n) is 14.2. The molecule has 1 aliphatic rings. The lowest BCUT2D eigenvalue weighted by Gasteiger charge is -2.19. The van der Waals surface area contributed by atoms with E-state index in [-0.39, 0.29) is 12.2 Å². The van der Waals surface area contributed by atoms with E-state index in [0.29, 0.717) is 25.2 Å². The second-order valence-electron chi connectivity index (χ2n) is 10.6. The van der Waals surface area contributed by atoms with E-state index in [2.05, 4.69) is 60.7 Å². The Kier molecular flexibility index (Phi) is 10.5. The number of hydrogen-bond acceptors (Lipinski definition) is 3. The maximum absolute atomic E-state index is 13.0. The Labute approximate surface area is 244 Å². The molecule has 1 aliphatic carbocycles. The van der Waals surface area contributed by atoms with E-state index in [4.69, 9.17) is 4.74 Å². The second kappa shape index (κ2) is 13.8. The summed E-state index contributed by atoms with van der Waals surface area (Å²) in [6, 6.07) is 26.9. The van der Waals surface area contributed by atoms with Crippen molar-refractivity contribution in [2.24, 2.45) is 0 Å². The summed E-state index contributed by atoms with van der Waals surface area (Å²) in [5.74, 6) is -5.12. The van der Waals surface area contributed by atoms with Crippen LogP contribution in [0.5, 0.6) is 5.75 Å². The van der Waals surface area contributed by atoms with Crippen molar-refractivity contribution in [3.05, 3.63) is 101 Å². The largest absolute Gasteiger partial charge is 0.494 e. The fourth-order valence-corrected chi connectivity index (χ4v) is 6.68. The summed E-state index contributed by atoms with van der Waals surface area (Å²) < 4.78 is 92.6. The highest BCUT2D eigenvalue weighted by Crippen LogP contribution is 2.40. The Morgan fingerprint density at radius 3 is 2.07 bits per heavy atom. The number of allylic oxidation sites excluding steroid dienone is 1. The lowest BCUT2D eigenvalue weighted by molar-refractivity contribution is -0.284. The third kappa shape index (κ3) is 8.43. The zero-order chi connectivity index (χ0) is 30.2. The summed E-state index contributed by atoms with van der Waals surface area (Å²) in [6.07, 6.45) is -3.46. The molecule has 3 aromatic carbocycles. The smallest absolute Gasteiger partial charge is 0.453 e. The van der Waals surface area contributed by atoms with Crippen LogP contribution in [0.2, 0.25) is 0 Å². The number of sulfone groups is 1. The number of hydrogen-bond donors (Lipinski definition) is 0. The van der Waals surface area contributed by atoms with Gasteiger partial charge in [-0.15, -0.1) is 0 Å². The Balaban J connectivity index is 1.30. The summed E-state index contributed by atoms with van der Waals surface area (Å²) in [6.45, 7) is 0.373. The van der Waals surface area contributed by atoms with Gasteiger partial charge in [0.05, 0.1) is 18.1 Å². The molecule has 42 heavy (non-hydrogen) atoms. The van der Waals surface area contributed by atoms with Crippen molar-refractivity contribution >= 4 is 21.0 Å². The van der Waals surface area contributed by atoms with Crippen molar-refractivity contribution in [1.29, 1.82) is 0 Å². The molecule has 0 unspecified atom stereocenters. The third-order valence-corrected chi connectivity index (χ3v) is 9.28. The standard InChI is InChI=1S/C33H35F5O3S/c34-32(35,33(36,37)38)21-10-24-42(39,40)23-8-2-7-22-41-28-19-17-27(18-20-28)31-29-15-6-5-13-26(29)14-9-16-30(31)25-11-3-1-4-12-25/h1,3-6,11-13,15,17-20H,2,7-10,14,16,21-24H2. The normalized spacial score (nSPS) is 14.4. The quantitative estimate of drug-likeness (QED) is 0.144. The monoisotopic (exact) mass is 606 g/mol. The van der Waals surface area contributed by atoms with Crippen LogP contribution < -0.4 is 4.74 Å². The molecular formula is C33H35F5O3S. The molecular weight excluding hydrogens is 571 g/mol. The van der Waals surface area contributed by atoms with E-state index >= 15 is 0 Å². The van der Waals surface area contributed by atoms with Crippen LogP contribution in [0.1, 0.15) is 67.2 Å². The minimum atomic E-state index is -5.67. The van der Waals surface area contributed by atoms with Crippen molar-refractivity contribution in [2.75, 3.05) is 18.1 Å². The Morgan fingerprint density at radius 1 is 0.690 bits per heavy atom. The van der Waals surface area contributed by atoms with Crippen molar-refractivity contribution < 1.29 is 35.1 Å². The minimum absolute atomic E-state index is 0.250. The number of ether oxygens (including phenoxy) is 1. The van der Waals surface area contributed by atoms with E-state index in [1.54, 1.807) is 0 Å². The highest BCUT2D eigenvalue weighted by molar-refractivity contribution is 7.91. The zero-order valence-electron chi connectivity index (χ0n) is 23.3. The number of fused-ring (bicyclic) bond motifs is 1. The average molecular weight is 607 g/mol. The Bertz CT molecular complexity index is 1450. The van der Waals surface area contributed by atoms with Gasteiger partial charge in [-0.1, -0.05) is 66.7 Å². The van der Waals surface area contributed by atoms with E-state index in [0.717, 1.165) is 24.8 Å². The molecule has 0 saturated heterocycles. The second-order valence-corrected chi connectivity index (χ2v) is 12.9. The van der Waals surface area contributed by atoms with Crippen LogP contribution in [-0.2, 0) is 16.3 Å². The lowest BCUT2D eigenvalue weighted by Crippen LogP contribution is -2.36. The predicted octanol–water partition coefficient (Wildman–Crippen LogP) is 8.92. The number of aryl methyl sites for hydroxylation is 1. The average Bonchev–Trinajstić information content (AvgIpc) is 3.15. The fraction of sp³-hybridized carbons (Fsp3) is 0.394. The van der Waals surface area contributed by atoms with Crippen molar-refractivity contribution in [3.63, 3.8) is 0 Å². The van der Waals surface area contributed by atoms with Crippen LogP contribution in [0.25, 0.3) is 11.1 Å². The van der Waals surface area contributed by atoms with Crippen molar-refractivity contribution in [2.45, 2.75) is 63.5 Å². The minimum Gasteiger partial charge on any atom is -0.494 e. The molecule has 0 aliphatic heterocycles. The Hall–Kier alpha value is -3.20. The first-order chi connectivity index (χ1) is 20.0. The molecule has 3 nitrogen and oxygen atoms in total. The van der Waals surface area contributed by atoms with Gasteiger partial charge in [0.1, 0.15) is 15.6 Å². The van der Waals surface area contributed by atoms with Crippen LogP contribution in [-0.4, -0.2) is 38.6 Å². The summed E-state index contributed by atoms with van der Waals surface area (Å²) in [7, 11) is -3.70. The molecule has 0 saturated carbocycles. The maximum atomic E-state index is 13.0. The topological polar surface area (TPSA) is 43.4 Å². The molecule has 0 bridgehead atoms. The molecule has 9 heteroatoms. The van der Waals surface area contributed by atoms with Gasteiger partial charge in [0.15, 0.2) is 0 Å². The summed E-state index contributed by atoms with van der Waals surface area (Å²) in [5.41, 5.74) is 7.44. The van der Waals surface area contributed by atoms with Crippen LogP contribution in [0.3, 0.4) is 0 Å². The highest BCUT2D eigenvalue weighted by Gasteiger charge is 2.56. The molecule has 0 spiro atoms. The summed E-state index contributed by atoms with van der Waals surface area (Å²) >= 11 is 0. The van der Waals surface area contributed by atoms with Crippen molar-refractivity contribution in [1.82, 2.24) is 0 Å². The predicted molar refractivity (Wildman–Crippen MR) is 156 cm³/mol. The molecule has 0 amide bonds. The van der Waals surface area contributed by atoms with E-state index < -0.39 is 40.5 Å². The first-order valence-corrected chi connectivity index (χ1v) is 16.0. The number of benzene rings is 3. The van der Waals surface area contributed by atoms with Gasteiger partial charge in [0.2, 0.25) is 0 Å². The van der Waals surface area contributed by atoms with Crippen molar-refractivity contribution in [3.8, 4) is 5.75 Å². The number of rotatable bonds is 13. The molecule has 0 aromatic heterocycles. The molecule has 3 aromatic rings. The number of halogens is 5. The van der Waals surface area contributed by atoms with E-state index in [9.17, 15) is 30.4 Å². The third-order valence-electron chi connectivity index (χ3n) is 7.46. The van der Waals surface area contributed by atoms with Crippen LogP contribution in [0.15, 0.2) is 78.9 Å². The van der Waals surface area contributed by atoms with E-state index in [1.165, 1.54) is 27.8 Å². The van der Waals surface area contributed by atoms with Gasteiger partial charge in [-0.2, -0.15) is 22.0 Å². The molecule has 0 N–H and O–H groups in total. The van der Waals surface area contributed by atoms with Crippen LogP contribution in [0, 0.1) is 0 Å². The summed E-state index contributed by atoms with van der Waals surface area (Å²) in [4.78, 5) is 0. The molecule has 4 rings (SSSR count). The zero-order valence-corrected chi connectivity index (χ0v) is 24.1. The molecule has 0 atom stereocenters. The SMILES string of the molecule is O=S(=O)(CCCCCOc1ccc(C2=C(c3ccccc3)CCCc3ccccc32)cc1)CCCC(F)(F)C(F)(F)F. The van der Waals surface area contributed by atoms with Gasteiger partial charge in [-0.05, 0) is 90.5 Å². The van der Waals surface area contributed by atoms with Gasteiger partial charge in [0, 0.05) is 6.42 Å². The van der Waals surface area contributed by atoms with Crippen LogP contribution in [0.4, 0.5) is 22.0 Å². The van der Waals surface area contributed by atoms with Gasteiger partial charge in [-0.25, -0.2) is 8.42 Å². The molecule has 0 radical (unpaired) electrons. The molecule has 0 heterocycles. The van der Waals surface area contributed by atoms with Gasteiger partial charge in [-0.3, -0.25) is 0 Å². The number of alkyl halides is 5. The summed E-state index contributed by atoms with van der Waals surface area (Å²) in [5, 5.41) is 0. The first kappa shape index (κ1) is 31.7. The van der Waals surface area contributed by atoms with Gasteiger partial charge >= 0.3 is 12.1 Å². The van der Waals surface area contributed by atoms with Gasteiger partial charge in [0.25, 0.3) is 0 Å². The van der Waals surface area contributed by atoms with Gasteiger partial charge < -0.3 is 4.74 Å². The fourth-order valence-electron chi connectivity index (χ4n) is 5.25.